The summed E-state index contributed by atoms with van der Waals surface area (Å²) in [5.74, 6) is 1.22. The summed E-state index contributed by atoms with van der Waals surface area (Å²) < 4.78 is 4.94. The summed E-state index contributed by atoms with van der Waals surface area (Å²) in [6, 6.07) is 5.23. The average Bonchev–Trinajstić information content (AvgIpc) is 2.70. The first kappa shape index (κ1) is 11.9. The van der Waals surface area contributed by atoms with Crippen LogP contribution < -0.4 is 5.32 Å². The van der Waals surface area contributed by atoms with Gasteiger partial charge in [0.15, 0.2) is 5.82 Å². The molecular weight excluding hydrogens is 242 g/mol. The molecule has 0 bridgehead atoms. The van der Waals surface area contributed by atoms with Gasteiger partial charge in [0.1, 0.15) is 5.75 Å². The van der Waals surface area contributed by atoms with Crippen molar-refractivity contribution in [3.05, 3.63) is 40.5 Å². The van der Waals surface area contributed by atoms with E-state index in [4.69, 9.17) is 16.1 Å². The summed E-state index contributed by atoms with van der Waals surface area (Å²) in [4.78, 5) is 4.05. The van der Waals surface area contributed by atoms with Crippen molar-refractivity contribution in [2.24, 2.45) is 0 Å². The molecule has 0 amide bonds. The van der Waals surface area contributed by atoms with Crippen LogP contribution in [0.5, 0.6) is 5.75 Å². The Morgan fingerprint density at radius 3 is 2.94 bits per heavy atom. The predicted octanol–water partition coefficient (Wildman–Crippen LogP) is 2.03. The van der Waals surface area contributed by atoms with E-state index in [1.54, 1.807) is 25.1 Å². The lowest BCUT2D eigenvalue weighted by molar-refractivity contribution is 0.363. The summed E-state index contributed by atoms with van der Waals surface area (Å²) in [6.45, 7) is 2.69. The monoisotopic (exact) mass is 253 g/mol. The second-order valence-corrected chi connectivity index (χ2v) is 3.99. The van der Waals surface area contributed by atoms with Gasteiger partial charge in [-0.3, -0.25) is 0 Å². The Labute approximate surface area is 103 Å². The molecule has 0 spiro atoms. The van der Waals surface area contributed by atoms with Gasteiger partial charge in [-0.15, -0.1) is 0 Å². The first-order chi connectivity index (χ1) is 8.16. The molecule has 0 aliphatic heterocycles. The van der Waals surface area contributed by atoms with E-state index in [2.05, 4.69) is 15.5 Å². The van der Waals surface area contributed by atoms with Gasteiger partial charge in [-0.25, -0.2) is 0 Å². The van der Waals surface area contributed by atoms with Crippen LogP contribution in [0.4, 0.5) is 0 Å². The number of benzene rings is 1. The largest absolute Gasteiger partial charge is 0.506 e. The third-order valence-electron chi connectivity index (χ3n) is 2.23. The highest BCUT2D eigenvalue weighted by molar-refractivity contribution is 6.32. The van der Waals surface area contributed by atoms with Crippen LogP contribution in [0, 0.1) is 6.92 Å². The van der Waals surface area contributed by atoms with E-state index < -0.39 is 0 Å². The van der Waals surface area contributed by atoms with Gasteiger partial charge in [-0.1, -0.05) is 28.9 Å². The van der Waals surface area contributed by atoms with Gasteiger partial charge in [-0.2, -0.15) is 4.98 Å². The Kier molecular flexibility index (Phi) is 3.61. The lowest BCUT2D eigenvalue weighted by Crippen LogP contribution is -2.13. The van der Waals surface area contributed by atoms with Crippen molar-refractivity contribution in [3.8, 4) is 5.75 Å². The van der Waals surface area contributed by atoms with Crippen molar-refractivity contribution in [1.82, 2.24) is 15.5 Å². The van der Waals surface area contributed by atoms with Crippen LogP contribution in [0.3, 0.4) is 0 Å². The molecule has 0 radical (unpaired) electrons. The second kappa shape index (κ2) is 5.16. The standard InChI is InChI=1S/C11H12ClN3O2/c1-7-14-10(17-15-7)6-13-5-8-3-2-4-9(12)11(8)16/h2-4,13,16H,5-6H2,1H3. The molecule has 2 aromatic rings. The fraction of sp³-hybridized carbons (Fsp3) is 0.273. The van der Waals surface area contributed by atoms with Gasteiger partial charge >= 0.3 is 0 Å². The Bertz CT molecular complexity index is 513. The number of hydrogen-bond donors (Lipinski definition) is 2. The molecule has 90 valence electrons. The Morgan fingerprint density at radius 1 is 1.41 bits per heavy atom. The Hall–Kier alpha value is -1.59. The van der Waals surface area contributed by atoms with Crippen molar-refractivity contribution in [3.63, 3.8) is 0 Å². The SMILES string of the molecule is Cc1noc(CNCc2cccc(Cl)c2O)n1. The minimum Gasteiger partial charge on any atom is -0.506 e. The molecule has 0 unspecified atom stereocenters. The molecule has 0 saturated carbocycles. The van der Waals surface area contributed by atoms with Gasteiger partial charge in [0.25, 0.3) is 0 Å². The minimum absolute atomic E-state index is 0.100. The lowest BCUT2D eigenvalue weighted by Gasteiger charge is -2.05. The predicted molar refractivity (Wildman–Crippen MR) is 62.7 cm³/mol. The number of phenolic OH excluding ortho intramolecular Hbond substituents is 1. The van der Waals surface area contributed by atoms with Crippen molar-refractivity contribution < 1.29 is 9.63 Å². The molecule has 17 heavy (non-hydrogen) atoms. The number of aryl methyl sites for hydroxylation is 1. The first-order valence-corrected chi connectivity index (χ1v) is 5.51. The van der Waals surface area contributed by atoms with Crippen molar-refractivity contribution >= 4 is 11.6 Å². The van der Waals surface area contributed by atoms with E-state index in [9.17, 15) is 5.11 Å². The van der Waals surface area contributed by atoms with Crippen LogP contribution >= 0.6 is 11.6 Å². The van der Waals surface area contributed by atoms with Crippen LogP contribution in [0.1, 0.15) is 17.3 Å². The highest BCUT2D eigenvalue weighted by Crippen LogP contribution is 2.26. The molecule has 2 rings (SSSR count). The maximum absolute atomic E-state index is 9.68. The van der Waals surface area contributed by atoms with E-state index in [1.165, 1.54) is 0 Å². The summed E-state index contributed by atoms with van der Waals surface area (Å²) in [7, 11) is 0. The molecule has 0 atom stereocenters. The molecule has 0 saturated heterocycles. The van der Waals surface area contributed by atoms with E-state index in [0.717, 1.165) is 5.56 Å². The second-order valence-electron chi connectivity index (χ2n) is 3.59. The van der Waals surface area contributed by atoms with Crippen molar-refractivity contribution in [2.75, 3.05) is 0 Å². The van der Waals surface area contributed by atoms with Crippen LogP contribution in [0.25, 0.3) is 0 Å². The van der Waals surface area contributed by atoms with Crippen molar-refractivity contribution in [2.45, 2.75) is 20.0 Å². The summed E-state index contributed by atoms with van der Waals surface area (Å²) in [5.41, 5.74) is 0.730. The molecule has 1 aromatic heterocycles. The zero-order valence-corrected chi connectivity index (χ0v) is 10.0. The van der Waals surface area contributed by atoms with E-state index in [-0.39, 0.29) is 5.75 Å². The van der Waals surface area contributed by atoms with Crippen LogP contribution in [-0.2, 0) is 13.1 Å². The number of phenols is 1. The average molecular weight is 254 g/mol. The normalized spacial score (nSPS) is 10.7. The minimum atomic E-state index is 0.100. The van der Waals surface area contributed by atoms with Crippen molar-refractivity contribution in [1.29, 1.82) is 0 Å². The van der Waals surface area contributed by atoms with Gasteiger partial charge in [0.05, 0.1) is 11.6 Å². The molecule has 2 N–H and O–H groups in total. The number of aromatic hydroxyl groups is 1. The quantitative estimate of drug-likeness (QED) is 0.872. The fourth-order valence-electron chi connectivity index (χ4n) is 1.42. The molecule has 0 fully saturated rings. The molecule has 6 heteroatoms. The third kappa shape index (κ3) is 2.95. The maximum Gasteiger partial charge on any atom is 0.240 e. The summed E-state index contributed by atoms with van der Waals surface area (Å²) >= 11 is 5.79. The first-order valence-electron chi connectivity index (χ1n) is 5.13. The number of nitrogens with one attached hydrogen (secondary N) is 1. The maximum atomic E-state index is 9.68. The lowest BCUT2D eigenvalue weighted by atomic mass is 10.2. The van der Waals surface area contributed by atoms with Gasteiger partial charge in [-0.05, 0) is 13.0 Å². The molecule has 5 nitrogen and oxygen atoms in total. The van der Waals surface area contributed by atoms with Crippen LogP contribution in [0.2, 0.25) is 5.02 Å². The van der Waals surface area contributed by atoms with E-state index >= 15 is 0 Å². The molecule has 1 aromatic carbocycles. The molecular formula is C11H12ClN3O2. The van der Waals surface area contributed by atoms with Crippen LogP contribution in [-0.4, -0.2) is 15.2 Å². The molecule has 1 heterocycles. The zero-order chi connectivity index (χ0) is 12.3. The molecule has 0 aliphatic carbocycles. The number of halogens is 1. The van der Waals surface area contributed by atoms with Gasteiger partial charge in [0.2, 0.25) is 5.89 Å². The van der Waals surface area contributed by atoms with Crippen LogP contribution in [0.15, 0.2) is 22.7 Å². The topological polar surface area (TPSA) is 71.2 Å². The summed E-state index contributed by atoms with van der Waals surface area (Å²) in [5, 5.41) is 16.8. The highest BCUT2D eigenvalue weighted by Gasteiger charge is 2.06. The highest BCUT2D eigenvalue weighted by atomic mass is 35.5. The Morgan fingerprint density at radius 2 is 2.24 bits per heavy atom. The van der Waals surface area contributed by atoms with E-state index in [0.29, 0.717) is 29.8 Å². The number of nitrogens with zero attached hydrogens (tertiary/aromatic N) is 2. The number of rotatable bonds is 4. The Balaban J connectivity index is 1.92. The van der Waals surface area contributed by atoms with Gasteiger partial charge in [0, 0.05) is 12.1 Å². The summed E-state index contributed by atoms with van der Waals surface area (Å²) in [6.07, 6.45) is 0. The van der Waals surface area contributed by atoms with Gasteiger partial charge < -0.3 is 14.9 Å². The van der Waals surface area contributed by atoms with E-state index in [1.807, 2.05) is 0 Å². The fourth-order valence-corrected chi connectivity index (χ4v) is 1.61. The smallest absolute Gasteiger partial charge is 0.240 e. The zero-order valence-electron chi connectivity index (χ0n) is 9.27. The molecule has 0 aliphatic rings. The number of aromatic nitrogens is 2. The number of para-hydroxylation sites is 1. The third-order valence-corrected chi connectivity index (χ3v) is 2.54. The number of hydrogen-bond acceptors (Lipinski definition) is 5.